The van der Waals surface area contributed by atoms with Gasteiger partial charge in [-0.05, 0) is 18.1 Å². The number of hydrogen-bond acceptors (Lipinski definition) is 2. The van der Waals surface area contributed by atoms with E-state index in [1.54, 1.807) is 6.92 Å². The molecule has 0 bridgehead atoms. The quantitative estimate of drug-likeness (QED) is 0.796. The van der Waals surface area contributed by atoms with Crippen molar-refractivity contribution in [1.29, 1.82) is 0 Å². The number of pyridine rings is 1. The van der Waals surface area contributed by atoms with Crippen LogP contribution in [0.1, 0.15) is 28.8 Å². The molecule has 0 unspecified atom stereocenters. The van der Waals surface area contributed by atoms with E-state index >= 15 is 0 Å². The van der Waals surface area contributed by atoms with Crippen molar-refractivity contribution in [3.8, 4) is 0 Å². The minimum Gasteiger partial charge on any atom is -0.392 e. The van der Waals surface area contributed by atoms with E-state index in [1.807, 2.05) is 0 Å². The van der Waals surface area contributed by atoms with Gasteiger partial charge in [0.25, 0.3) is 6.43 Å². The van der Waals surface area contributed by atoms with Crippen LogP contribution in [-0.4, -0.2) is 10.1 Å². The van der Waals surface area contributed by atoms with Gasteiger partial charge in [-0.2, -0.15) is 0 Å². The molecule has 0 radical (unpaired) electrons. The maximum Gasteiger partial charge on any atom is 0.265 e. The van der Waals surface area contributed by atoms with Crippen LogP contribution < -0.4 is 0 Å². The standard InChI is InChI=1S/C9H10ClF2NO/c1-5-7(4-14)6(9(11)12)3-13-8(5)2-10/h3,9,14H,2,4H2,1H3. The van der Waals surface area contributed by atoms with Crippen molar-refractivity contribution in [1.82, 2.24) is 4.98 Å². The fourth-order valence-corrected chi connectivity index (χ4v) is 1.51. The molecule has 1 aromatic rings. The second-order valence-electron chi connectivity index (χ2n) is 2.86. The number of aromatic nitrogens is 1. The molecular weight excluding hydrogens is 212 g/mol. The molecule has 0 aromatic carbocycles. The lowest BCUT2D eigenvalue weighted by molar-refractivity contribution is 0.146. The summed E-state index contributed by atoms with van der Waals surface area (Å²) in [5, 5.41) is 8.96. The molecule has 0 saturated heterocycles. The van der Waals surface area contributed by atoms with Crippen molar-refractivity contribution < 1.29 is 13.9 Å². The van der Waals surface area contributed by atoms with Crippen molar-refractivity contribution in [2.24, 2.45) is 0 Å². The van der Waals surface area contributed by atoms with E-state index in [1.165, 1.54) is 0 Å². The molecule has 2 nitrogen and oxygen atoms in total. The second-order valence-corrected chi connectivity index (χ2v) is 3.12. The number of halogens is 3. The van der Waals surface area contributed by atoms with Gasteiger partial charge < -0.3 is 5.11 Å². The summed E-state index contributed by atoms with van der Waals surface area (Å²) in [6, 6.07) is 0. The highest BCUT2D eigenvalue weighted by atomic mass is 35.5. The summed E-state index contributed by atoms with van der Waals surface area (Å²) in [6.45, 7) is 1.21. The summed E-state index contributed by atoms with van der Waals surface area (Å²) in [6.07, 6.45) is -1.55. The van der Waals surface area contributed by atoms with Gasteiger partial charge in [0.2, 0.25) is 0 Å². The lowest BCUT2D eigenvalue weighted by atomic mass is 10.0. The van der Waals surface area contributed by atoms with E-state index in [0.29, 0.717) is 11.3 Å². The Morgan fingerprint density at radius 1 is 1.57 bits per heavy atom. The van der Waals surface area contributed by atoms with Crippen molar-refractivity contribution in [3.63, 3.8) is 0 Å². The molecule has 0 aliphatic rings. The molecule has 1 N–H and O–H groups in total. The van der Waals surface area contributed by atoms with Crippen molar-refractivity contribution in [2.45, 2.75) is 25.8 Å². The molecule has 1 aromatic heterocycles. The van der Waals surface area contributed by atoms with Crippen LogP contribution in [0.2, 0.25) is 0 Å². The molecule has 1 heterocycles. The second kappa shape index (κ2) is 4.66. The van der Waals surface area contributed by atoms with Gasteiger partial charge in [-0.15, -0.1) is 11.6 Å². The lowest BCUT2D eigenvalue weighted by Crippen LogP contribution is -2.03. The average Bonchev–Trinajstić information content (AvgIpc) is 2.17. The Bertz CT molecular complexity index is 331. The minimum atomic E-state index is -2.62. The zero-order valence-corrected chi connectivity index (χ0v) is 8.35. The maximum atomic E-state index is 12.4. The third-order valence-corrected chi connectivity index (χ3v) is 2.37. The van der Waals surface area contributed by atoms with Crippen LogP contribution in [0.5, 0.6) is 0 Å². The first-order valence-electron chi connectivity index (χ1n) is 4.04. The van der Waals surface area contributed by atoms with Crippen LogP contribution in [-0.2, 0) is 12.5 Å². The number of nitrogens with zero attached hydrogens (tertiary/aromatic N) is 1. The largest absolute Gasteiger partial charge is 0.392 e. The summed E-state index contributed by atoms with van der Waals surface area (Å²) in [4.78, 5) is 3.80. The highest BCUT2D eigenvalue weighted by Crippen LogP contribution is 2.26. The third kappa shape index (κ3) is 2.01. The molecule has 1 rings (SSSR count). The SMILES string of the molecule is Cc1c(CCl)ncc(C(F)F)c1CO. The van der Waals surface area contributed by atoms with Gasteiger partial charge >= 0.3 is 0 Å². The first-order chi connectivity index (χ1) is 6.61. The highest BCUT2D eigenvalue weighted by molar-refractivity contribution is 6.17. The van der Waals surface area contributed by atoms with Crippen LogP contribution in [0.4, 0.5) is 8.78 Å². The number of alkyl halides is 3. The summed E-state index contributed by atoms with van der Waals surface area (Å²) in [7, 11) is 0. The summed E-state index contributed by atoms with van der Waals surface area (Å²) in [5.41, 5.74) is 1.07. The van der Waals surface area contributed by atoms with Crippen LogP contribution in [0.25, 0.3) is 0 Å². The normalized spacial score (nSPS) is 11.0. The Labute approximate surface area is 85.5 Å². The molecule has 0 aliphatic carbocycles. The third-order valence-electron chi connectivity index (χ3n) is 2.11. The molecule has 5 heteroatoms. The number of aliphatic hydroxyl groups excluding tert-OH is 1. The van der Waals surface area contributed by atoms with Gasteiger partial charge in [0.1, 0.15) is 0 Å². The van der Waals surface area contributed by atoms with E-state index in [-0.39, 0.29) is 17.0 Å². The van der Waals surface area contributed by atoms with Gasteiger partial charge in [0.05, 0.1) is 18.2 Å². The molecular formula is C9H10ClF2NO. The summed E-state index contributed by atoms with van der Waals surface area (Å²) < 4.78 is 24.9. The Kier molecular flexibility index (Phi) is 3.77. The Morgan fingerprint density at radius 3 is 2.64 bits per heavy atom. The van der Waals surface area contributed by atoms with Crippen LogP contribution in [0.3, 0.4) is 0 Å². The molecule has 0 aliphatic heterocycles. The molecule has 14 heavy (non-hydrogen) atoms. The summed E-state index contributed by atoms with van der Waals surface area (Å²) in [5.74, 6) is 0.155. The Morgan fingerprint density at radius 2 is 2.21 bits per heavy atom. The minimum absolute atomic E-state index is 0.155. The van der Waals surface area contributed by atoms with E-state index in [2.05, 4.69) is 4.98 Å². The molecule has 0 fully saturated rings. The van der Waals surface area contributed by atoms with Crippen LogP contribution in [0.15, 0.2) is 6.20 Å². The smallest absolute Gasteiger partial charge is 0.265 e. The predicted octanol–water partition coefficient (Wildman–Crippen LogP) is 2.56. The molecule has 0 atom stereocenters. The predicted molar refractivity (Wildman–Crippen MR) is 49.4 cm³/mol. The fourth-order valence-electron chi connectivity index (χ4n) is 1.25. The first kappa shape index (κ1) is 11.3. The topological polar surface area (TPSA) is 33.1 Å². The highest BCUT2D eigenvalue weighted by Gasteiger charge is 2.16. The molecule has 0 amide bonds. The van der Waals surface area contributed by atoms with Gasteiger partial charge in [0, 0.05) is 11.8 Å². The summed E-state index contributed by atoms with van der Waals surface area (Å²) >= 11 is 5.56. The Hall–Kier alpha value is -0.740. The van der Waals surface area contributed by atoms with Gasteiger partial charge in [-0.1, -0.05) is 0 Å². The first-order valence-corrected chi connectivity index (χ1v) is 4.57. The van der Waals surface area contributed by atoms with E-state index in [4.69, 9.17) is 16.7 Å². The van der Waals surface area contributed by atoms with E-state index < -0.39 is 13.0 Å². The lowest BCUT2D eigenvalue weighted by Gasteiger charge is -2.11. The van der Waals surface area contributed by atoms with Gasteiger partial charge in [-0.3, -0.25) is 4.98 Å². The Balaban J connectivity index is 3.28. The molecule has 78 valence electrons. The molecule has 0 saturated carbocycles. The zero-order chi connectivity index (χ0) is 10.7. The van der Waals surface area contributed by atoms with Crippen molar-refractivity contribution in [2.75, 3.05) is 0 Å². The number of rotatable bonds is 3. The maximum absolute atomic E-state index is 12.4. The average molecular weight is 222 g/mol. The fraction of sp³-hybridized carbons (Fsp3) is 0.444. The van der Waals surface area contributed by atoms with E-state index in [9.17, 15) is 8.78 Å². The van der Waals surface area contributed by atoms with Crippen molar-refractivity contribution in [3.05, 3.63) is 28.6 Å². The molecule has 0 spiro atoms. The van der Waals surface area contributed by atoms with Crippen molar-refractivity contribution >= 4 is 11.6 Å². The number of aliphatic hydroxyl groups is 1. The van der Waals surface area contributed by atoms with Gasteiger partial charge in [-0.25, -0.2) is 8.78 Å². The number of hydrogen-bond donors (Lipinski definition) is 1. The zero-order valence-electron chi connectivity index (χ0n) is 7.60. The van der Waals surface area contributed by atoms with Crippen LogP contribution >= 0.6 is 11.6 Å². The van der Waals surface area contributed by atoms with Crippen LogP contribution in [0, 0.1) is 6.92 Å². The monoisotopic (exact) mass is 221 g/mol. The van der Waals surface area contributed by atoms with Gasteiger partial charge in [0.15, 0.2) is 0 Å². The van der Waals surface area contributed by atoms with E-state index in [0.717, 1.165) is 6.20 Å².